The van der Waals surface area contributed by atoms with E-state index in [9.17, 15) is 18.0 Å². The van der Waals surface area contributed by atoms with E-state index in [1.165, 1.54) is 35.5 Å². The van der Waals surface area contributed by atoms with Gasteiger partial charge in [0, 0.05) is 28.1 Å². The van der Waals surface area contributed by atoms with Crippen LogP contribution in [-0.4, -0.2) is 16.9 Å². The summed E-state index contributed by atoms with van der Waals surface area (Å²) in [4.78, 5) is 17.9. The van der Waals surface area contributed by atoms with Crippen LogP contribution in [-0.2, 0) is 17.5 Å². The lowest BCUT2D eigenvalue weighted by atomic mass is 9.93. The zero-order valence-electron chi connectivity index (χ0n) is 18.8. The second kappa shape index (κ2) is 9.06. The van der Waals surface area contributed by atoms with Crippen molar-refractivity contribution in [1.82, 2.24) is 10.3 Å². The summed E-state index contributed by atoms with van der Waals surface area (Å²) in [6.45, 7) is 2.49. The van der Waals surface area contributed by atoms with Gasteiger partial charge in [-0.25, -0.2) is 4.98 Å². The molecule has 0 aliphatic heterocycles. The number of anilines is 1. The van der Waals surface area contributed by atoms with E-state index in [0.29, 0.717) is 29.1 Å². The number of carbonyl (C=O) groups is 1. The van der Waals surface area contributed by atoms with Crippen LogP contribution in [0.2, 0.25) is 0 Å². The Labute approximate surface area is 200 Å². The Morgan fingerprint density at radius 2 is 1.79 bits per heavy atom. The molecule has 2 atom stereocenters. The monoisotopic (exact) mass is 485 g/mol. The second-order valence-electron chi connectivity index (χ2n) is 9.16. The SMILES string of the molecule is Cc1nc(-c2ccc(C(F)(F)F)cc2)sc1CNc1ccc([C@H]2C[C@@H]2C(=O)NC2CCC2)cc1. The molecular weight excluding hydrogens is 459 g/mol. The normalized spacial score (nSPS) is 20.0. The molecule has 2 aromatic carbocycles. The first-order chi connectivity index (χ1) is 16.3. The smallest absolute Gasteiger partial charge is 0.380 e. The lowest BCUT2D eigenvalue weighted by Gasteiger charge is -2.26. The molecule has 2 N–H and O–H groups in total. The van der Waals surface area contributed by atoms with Crippen molar-refractivity contribution < 1.29 is 18.0 Å². The Kier molecular flexibility index (Phi) is 6.10. The first-order valence-corrected chi connectivity index (χ1v) is 12.4. The maximum absolute atomic E-state index is 12.8. The van der Waals surface area contributed by atoms with Gasteiger partial charge in [-0.2, -0.15) is 13.2 Å². The molecule has 2 saturated carbocycles. The Balaban J connectivity index is 1.16. The number of amides is 1. The minimum absolute atomic E-state index is 0.0999. The molecule has 0 radical (unpaired) electrons. The fourth-order valence-corrected chi connectivity index (χ4v) is 5.27. The molecule has 5 rings (SSSR count). The molecule has 2 fully saturated rings. The molecule has 1 aromatic heterocycles. The molecule has 4 nitrogen and oxygen atoms in total. The lowest BCUT2D eigenvalue weighted by molar-refractivity contribution is -0.137. The van der Waals surface area contributed by atoms with Crippen LogP contribution < -0.4 is 10.6 Å². The number of nitrogens with one attached hydrogen (secondary N) is 2. The highest BCUT2D eigenvalue weighted by molar-refractivity contribution is 7.15. The molecule has 2 aliphatic carbocycles. The number of hydrogen-bond acceptors (Lipinski definition) is 4. The average Bonchev–Trinajstić information content (AvgIpc) is 3.51. The maximum Gasteiger partial charge on any atom is 0.416 e. The van der Waals surface area contributed by atoms with Crippen molar-refractivity contribution >= 4 is 22.9 Å². The van der Waals surface area contributed by atoms with Crippen molar-refractivity contribution in [1.29, 1.82) is 0 Å². The Morgan fingerprint density at radius 3 is 2.41 bits per heavy atom. The molecule has 0 unspecified atom stereocenters. The highest BCUT2D eigenvalue weighted by Crippen LogP contribution is 2.48. The van der Waals surface area contributed by atoms with E-state index >= 15 is 0 Å². The van der Waals surface area contributed by atoms with E-state index in [4.69, 9.17) is 0 Å². The predicted octanol–water partition coefficient (Wildman–Crippen LogP) is 6.52. The van der Waals surface area contributed by atoms with Crippen LogP contribution in [0, 0.1) is 12.8 Å². The topological polar surface area (TPSA) is 54.0 Å². The maximum atomic E-state index is 12.8. The van der Waals surface area contributed by atoms with Crippen LogP contribution in [0.5, 0.6) is 0 Å². The van der Waals surface area contributed by atoms with Crippen LogP contribution in [0.1, 0.15) is 53.3 Å². The molecule has 2 aliphatic rings. The van der Waals surface area contributed by atoms with Gasteiger partial charge in [-0.05, 0) is 68.4 Å². The second-order valence-corrected chi connectivity index (χ2v) is 10.2. The van der Waals surface area contributed by atoms with Crippen LogP contribution in [0.4, 0.5) is 18.9 Å². The average molecular weight is 486 g/mol. The third kappa shape index (κ3) is 4.97. The summed E-state index contributed by atoms with van der Waals surface area (Å²) in [5.74, 6) is 0.605. The fraction of sp³-hybridized carbons (Fsp3) is 0.385. The summed E-state index contributed by atoms with van der Waals surface area (Å²) in [5, 5.41) is 7.26. The van der Waals surface area contributed by atoms with E-state index < -0.39 is 11.7 Å². The van der Waals surface area contributed by atoms with E-state index in [0.717, 1.165) is 47.7 Å². The third-order valence-electron chi connectivity index (χ3n) is 6.72. The van der Waals surface area contributed by atoms with Gasteiger partial charge in [0.05, 0.1) is 17.8 Å². The predicted molar refractivity (Wildman–Crippen MR) is 128 cm³/mol. The molecule has 0 saturated heterocycles. The van der Waals surface area contributed by atoms with Crippen LogP contribution in [0.25, 0.3) is 10.6 Å². The molecule has 178 valence electrons. The van der Waals surface area contributed by atoms with E-state index in [1.807, 2.05) is 19.1 Å². The van der Waals surface area contributed by atoms with Gasteiger partial charge in [-0.3, -0.25) is 4.79 Å². The number of hydrogen-bond donors (Lipinski definition) is 2. The number of halogens is 3. The summed E-state index contributed by atoms with van der Waals surface area (Å²) in [5.41, 5.74) is 3.05. The van der Waals surface area contributed by atoms with Gasteiger partial charge in [-0.1, -0.05) is 24.3 Å². The van der Waals surface area contributed by atoms with Gasteiger partial charge in [0.2, 0.25) is 5.91 Å². The fourth-order valence-electron chi connectivity index (χ4n) is 4.26. The molecule has 0 bridgehead atoms. The van der Waals surface area contributed by atoms with Crippen LogP contribution >= 0.6 is 11.3 Å². The third-order valence-corrected chi connectivity index (χ3v) is 7.93. The van der Waals surface area contributed by atoms with Crippen molar-refractivity contribution in [2.45, 2.75) is 57.3 Å². The van der Waals surface area contributed by atoms with Crippen molar-refractivity contribution in [3.05, 3.63) is 70.2 Å². The minimum atomic E-state index is -4.34. The molecule has 8 heteroatoms. The minimum Gasteiger partial charge on any atom is -0.380 e. The van der Waals surface area contributed by atoms with E-state index in [2.05, 4.69) is 27.8 Å². The standard InChI is InChI=1S/C26H26F3N3OS/c1-15-23(34-25(31-15)17-5-9-18(10-6-17)26(27,28)29)14-30-19-11-7-16(8-12-19)21-13-22(21)24(33)32-20-3-2-4-20/h5-12,20-22,30H,2-4,13-14H2,1H3,(H,32,33)/t21-,22+/m1/s1. The lowest BCUT2D eigenvalue weighted by Crippen LogP contribution is -2.40. The number of carbonyl (C=O) groups excluding carboxylic acids is 1. The van der Waals surface area contributed by atoms with Gasteiger partial charge in [-0.15, -0.1) is 11.3 Å². The van der Waals surface area contributed by atoms with Crippen molar-refractivity contribution in [3.63, 3.8) is 0 Å². The number of thiazole rings is 1. The largest absolute Gasteiger partial charge is 0.416 e. The molecule has 0 spiro atoms. The summed E-state index contributed by atoms with van der Waals surface area (Å²) in [7, 11) is 0. The van der Waals surface area contributed by atoms with Crippen molar-refractivity contribution in [3.8, 4) is 10.6 Å². The molecule has 34 heavy (non-hydrogen) atoms. The highest BCUT2D eigenvalue weighted by Gasteiger charge is 2.44. The summed E-state index contributed by atoms with van der Waals surface area (Å²) in [6, 6.07) is 13.7. The number of rotatable bonds is 7. The zero-order valence-corrected chi connectivity index (χ0v) is 19.6. The van der Waals surface area contributed by atoms with Crippen LogP contribution in [0.3, 0.4) is 0 Å². The van der Waals surface area contributed by atoms with Gasteiger partial charge >= 0.3 is 6.18 Å². The molecule has 3 aromatic rings. The first kappa shape index (κ1) is 22.9. The molecular formula is C26H26F3N3OS. The Hall–Kier alpha value is -2.87. The van der Waals surface area contributed by atoms with Gasteiger partial charge in [0.15, 0.2) is 0 Å². The van der Waals surface area contributed by atoms with Crippen LogP contribution in [0.15, 0.2) is 48.5 Å². The van der Waals surface area contributed by atoms with Gasteiger partial charge in [0.1, 0.15) is 5.01 Å². The Bertz CT molecular complexity index is 1170. The van der Waals surface area contributed by atoms with E-state index in [-0.39, 0.29) is 11.8 Å². The molecule has 1 amide bonds. The number of aryl methyl sites for hydroxylation is 1. The quantitative estimate of drug-likeness (QED) is 0.401. The number of benzene rings is 2. The van der Waals surface area contributed by atoms with Crippen molar-refractivity contribution in [2.24, 2.45) is 5.92 Å². The number of alkyl halides is 3. The number of nitrogens with zero attached hydrogens (tertiary/aromatic N) is 1. The summed E-state index contributed by atoms with van der Waals surface area (Å²) in [6.07, 6.45) is -0.00299. The zero-order chi connectivity index (χ0) is 23.9. The summed E-state index contributed by atoms with van der Waals surface area (Å²) >= 11 is 1.48. The van der Waals surface area contributed by atoms with E-state index in [1.54, 1.807) is 0 Å². The molecule has 1 heterocycles. The van der Waals surface area contributed by atoms with Crippen molar-refractivity contribution in [2.75, 3.05) is 5.32 Å². The first-order valence-electron chi connectivity index (χ1n) is 11.6. The summed E-state index contributed by atoms with van der Waals surface area (Å²) < 4.78 is 38.4. The van der Waals surface area contributed by atoms with Gasteiger partial charge < -0.3 is 10.6 Å². The van der Waals surface area contributed by atoms with Gasteiger partial charge in [0.25, 0.3) is 0 Å². The Morgan fingerprint density at radius 1 is 1.09 bits per heavy atom. The number of aromatic nitrogens is 1. The highest BCUT2D eigenvalue weighted by atomic mass is 32.1.